The van der Waals surface area contributed by atoms with E-state index in [-0.39, 0.29) is 0 Å². The van der Waals surface area contributed by atoms with Gasteiger partial charge in [0.05, 0.1) is 0 Å². The van der Waals surface area contributed by atoms with Gasteiger partial charge in [0.2, 0.25) is 0 Å². The van der Waals surface area contributed by atoms with Crippen LogP contribution in [0.3, 0.4) is 0 Å². The molecule has 78 valence electrons. The van der Waals surface area contributed by atoms with E-state index in [9.17, 15) is 0 Å². The summed E-state index contributed by atoms with van der Waals surface area (Å²) in [6.45, 7) is 5.41. The predicted octanol–water partition coefficient (Wildman–Crippen LogP) is 4.56. The molecule has 0 aliphatic carbocycles. The highest BCUT2D eigenvalue weighted by molar-refractivity contribution is 9.10. The summed E-state index contributed by atoms with van der Waals surface area (Å²) in [7, 11) is 0. The Morgan fingerprint density at radius 3 is 2.71 bits per heavy atom. The molecule has 1 N–H and O–H groups in total. The molecule has 0 radical (unpaired) electrons. The molecule has 0 bridgehead atoms. The molecule has 0 spiro atoms. The van der Waals surface area contributed by atoms with Crippen LogP contribution < -0.4 is 5.32 Å². The van der Waals surface area contributed by atoms with Gasteiger partial charge in [-0.25, -0.2) is 0 Å². The first-order valence-corrected chi connectivity index (χ1v) is 5.99. The highest BCUT2D eigenvalue weighted by atomic mass is 79.9. The van der Waals surface area contributed by atoms with E-state index in [1.807, 2.05) is 18.2 Å². The van der Waals surface area contributed by atoms with Crippen molar-refractivity contribution >= 4 is 33.2 Å². The van der Waals surface area contributed by atoms with E-state index in [4.69, 9.17) is 11.6 Å². The van der Waals surface area contributed by atoms with Gasteiger partial charge >= 0.3 is 0 Å². The molecule has 1 rings (SSSR count). The van der Waals surface area contributed by atoms with Gasteiger partial charge in [0, 0.05) is 21.7 Å². The Morgan fingerprint density at radius 1 is 1.43 bits per heavy atom. The van der Waals surface area contributed by atoms with E-state index in [0.717, 1.165) is 21.7 Å². The lowest BCUT2D eigenvalue weighted by Gasteiger charge is -2.11. The lowest BCUT2D eigenvalue weighted by atomic mass is 10.1. The molecule has 1 atom stereocenters. The molecule has 0 aliphatic rings. The summed E-state index contributed by atoms with van der Waals surface area (Å²) < 4.78 is 1.01. The number of benzene rings is 1. The van der Waals surface area contributed by atoms with E-state index >= 15 is 0 Å². The van der Waals surface area contributed by atoms with Gasteiger partial charge in [0.1, 0.15) is 0 Å². The van der Waals surface area contributed by atoms with Gasteiger partial charge in [-0.05, 0) is 24.1 Å². The Hall–Kier alpha value is -0.210. The van der Waals surface area contributed by atoms with Gasteiger partial charge in [-0.3, -0.25) is 0 Å². The Bertz CT molecular complexity index is 281. The van der Waals surface area contributed by atoms with Crippen LogP contribution in [0.1, 0.15) is 20.3 Å². The summed E-state index contributed by atoms with van der Waals surface area (Å²) in [4.78, 5) is 0. The second-order valence-electron chi connectivity index (χ2n) is 3.55. The van der Waals surface area contributed by atoms with Crippen LogP contribution in [0.15, 0.2) is 22.7 Å². The van der Waals surface area contributed by atoms with Crippen LogP contribution in [0.4, 0.5) is 5.69 Å². The third-order valence-corrected chi connectivity index (χ3v) is 2.89. The second kappa shape index (κ2) is 5.62. The molecule has 14 heavy (non-hydrogen) atoms. The van der Waals surface area contributed by atoms with Crippen molar-refractivity contribution in [3.8, 4) is 0 Å². The minimum atomic E-state index is 0.688. The van der Waals surface area contributed by atoms with Crippen LogP contribution in [0.5, 0.6) is 0 Å². The molecule has 0 saturated carbocycles. The van der Waals surface area contributed by atoms with Crippen LogP contribution in [-0.4, -0.2) is 6.54 Å². The van der Waals surface area contributed by atoms with Crippen molar-refractivity contribution < 1.29 is 0 Å². The lowest BCUT2D eigenvalue weighted by molar-refractivity contribution is 0.593. The highest BCUT2D eigenvalue weighted by Crippen LogP contribution is 2.23. The van der Waals surface area contributed by atoms with E-state index in [0.29, 0.717) is 5.92 Å². The summed E-state index contributed by atoms with van der Waals surface area (Å²) in [5, 5.41) is 4.12. The number of hydrogen-bond acceptors (Lipinski definition) is 1. The van der Waals surface area contributed by atoms with Crippen molar-refractivity contribution in [3.05, 3.63) is 27.7 Å². The summed E-state index contributed by atoms with van der Waals surface area (Å²) in [6.07, 6.45) is 1.19. The third kappa shape index (κ3) is 3.89. The average Bonchev–Trinajstić information content (AvgIpc) is 2.12. The first kappa shape index (κ1) is 11.9. The maximum atomic E-state index is 5.93. The Morgan fingerprint density at radius 2 is 2.14 bits per heavy atom. The van der Waals surface area contributed by atoms with Crippen molar-refractivity contribution in [1.82, 2.24) is 0 Å². The molecule has 0 fully saturated rings. The smallest absolute Gasteiger partial charge is 0.0437 e. The Labute approximate surface area is 99.0 Å². The molecular formula is C11H15BrClN. The third-order valence-electron chi connectivity index (χ3n) is 2.21. The number of rotatable bonds is 4. The summed E-state index contributed by atoms with van der Waals surface area (Å²) in [5.41, 5.74) is 1.07. The van der Waals surface area contributed by atoms with Crippen LogP contribution in [0.25, 0.3) is 0 Å². The Kier molecular flexibility index (Phi) is 4.76. The van der Waals surface area contributed by atoms with Crippen molar-refractivity contribution in [2.24, 2.45) is 5.92 Å². The zero-order valence-electron chi connectivity index (χ0n) is 8.48. The van der Waals surface area contributed by atoms with E-state index in [1.54, 1.807) is 0 Å². The fourth-order valence-electron chi connectivity index (χ4n) is 1.09. The molecule has 1 aromatic rings. The largest absolute Gasteiger partial charge is 0.385 e. The van der Waals surface area contributed by atoms with Gasteiger partial charge in [-0.15, -0.1) is 0 Å². The number of anilines is 1. The lowest BCUT2D eigenvalue weighted by Crippen LogP contribution is -2.10. The van der Waals surface area contributed by atoms with Gasteiger partial charge in [0.25, 0.3) is 0 Å². The average molecular weight is 277 g/mol. The maximum Gasteiger partial charge on any atom is 0.0437 e. The quantitative estimate of drug-likeness (QED) is 0.850. The monoisotopic (exact) mass is 275 g/mol. The molecule has 0 amide bonds. The fraction of sp³-hybridized carbons (Fsp3) is 0.455. The molecular weight excluding hydrogens is 261 g/mol. The zero-order chi connectivity index (χ0) is 10.6. The number of nitrogens with one attached hydrogen (secondary N) is 1. The van der Waals surface area contributed by atoms with Crippen molar-refractivity contribution in [2.45, 2.75) is 20.3 Å². The molecule has 1 nitrogen and oxygen atoms in total. The fourth-order valence-corrected chi connectivity index (χ4v) is 1.95. The predicted molar refractivity (Wildman–Crippen MR) is 67.1 cm³/mol. The van der Waals surface area contributed by atoms with Crippen molar-refractivity contribution in [3.63, 3.8) is 0 Å². The van der Waals surface area contributed by atoms with Crippen LogP contribution >= 0.6 is 27.5 Å². The van der Waals surface area contributed by atoms with E-state index < -0.39 is 0 Å². The summed E-state index contributed by atoms with van der Waals surface area (Å²) in [6, 6.07) is 5.86. The van der Waals surface area contributed by atoms with Gasteiger partial charge in [-0.1, -0.05) is 47.8 Å². The highest BCUT2D eigenvalue weighted by Gasteiger charge is 2.00. The van der Waals surface area contributed by atoms with Crippen molar-refractivity contribution in [2.75, 3.05) is 11.9 Å². The number of halogens is 2. The summed E-state index contributed by atoms with van der Waals surface area (Å²) >= 11 is 9.34. The van der Waals surface area contributed by atoms with Crippen LogP contribution in [0, 0.1) is 5.92 Å². The summed E-state index contributed by atoms with van der Waals surface area (Å²) in [5.74, 6) is 0.688. The Balaban J connectivity index is 2.58. The van der Waals surface area contributed by atoms with Crippen molar-refractivity contribution in [1.29, 1.82) is 0 Å². The van der Waals surface area contributed by atoms with Gasteiger partial charge < -0.3 is 5.32 Å². The SMILES string of the molecule is CCC(C)CNc1cc(Cl)cc(Br)c1. The number of hydrogen-bond donors (Lipinski definition) is 1. The molecule has 0 heterocycles. The molecule has 0 saturated heterocycles. The van der Waals surface area contributed by atoms with Gasteiger partial charge in [-0.2, -0.15) is 0 Å². The van der Waals surface area contributed by atoms with E-state index in [1.165, 1.54) is 6.42 Å². The second-order valence-corrected chi connectivity index (χ2v) is 4.90. The molecule has 0 aliphatic heterocycles. The van der Waals surface area contributed by atoms with Gasteiger partial charge in [0.15, 0.2) is 0 Å². The maximum absolute atomic E-state index is 5.93. The zero-order valence-corrected chi connectivity index (χ0v) is 10.8. The minimum absolute atomic E-state index is 0.688. The normalized spacial score (nSPS) is 12.6. The molecule has 3 heteroatoms. The molecule has 0 aromatic heterocycles. The standard InChI is InChI=1S/C11H15BrClN/c1-3-8(2)7-14-11-5-9(12)4-10(13)6-11/h4-6,8,14H,3,7H2,1-2H3. The molecule has 1 aromatic carbocycles. The first-order chi connectivity index (χ1) is 6.61. The topological polar surface area (TPSA) is 12.0 Å². The van der Waals surface area contributed by atoms with E-state index in [2.05, 4.69) is 35.1 Å². The van der Waals surface area contributed by atoms with Crippen LogP contribution in [0.2, 0.25) is 5.02 Å². The first-order valence-electron chi connectivity index (χ1n) is 4.81. The minimum Gasteiger partial charge on any atom is -0.385 e. The molecule has 1 unspecified atom stereocenters. The van der Waals surface area contributed by atoms with Crippen LogP contribution in [-0.2, 0) is 0 Å².